The molecule has 0 saturated carbocycles. The van der Waals surface area contributed by atoms with Crippen molar-refractivity contribution in [3.63, 3.8) is 0 Å². The molecule has 0 radical (unpaired) electrons. The second-order valence-electron chi connectivity index (χ2n) is 4.75. The number of methoxy groups -OCH3 is 2. The monoisotopic (exact) mass is 251 g/mol. The molecule has 100 valence electrons. The lowest BCUT2D eigenvalue weighted by Gasteiger charge is -2.28. The minimum Gasteiger partial charge on any atom is -0.493 e. The summed E-state index contributed by atoms with van der Waals surface area (Å²) < 4.78 is 10.6. The van der Waals surface area contributed by atoms with E-state index < -0.39 is 0 Å². The fourth-order valence-electron chi connectivity index (χ4n) is 2.73. The normalized spacial score (nSPS) is 23.1. The number of aliphatic hydroxyl groups excluding tert-OH is 1. The van der Waals surface area contributed by atoms with Gasteiger partial charge in [0.1, 0.15) is 0 Å². The van der Waals surface area contributed by atoms with E-state index in [-0.39, 0.29) is 12.0 Å². The van der Waals surface area contributed by atoms with Crippen molar-refractivity contribution in [1.29, 1.82) is 0 Å². The fraction of sp³-hybridized carbons (Fsp3) is 0.571. The maximum absolute atomic E-state index is 9.30. The third-order valence-electron chi connectivity index (χ3n) is 3.83. The van der Waals surface area contributed by atoms with Gasteiger partial charge < -0.3 is 19.9 Å². The Morgan fingerprint density at radius 1 is 1.28 bits per heavy atom. The lowest BCUT2D eigenvalue weighted by molar-refractivity contribution is 0.243. The zero-order valence-electron chi connectivity index (χ0n) is 11.0. The maximum Gasteiger partial charge on any atom is 0.161 e. The van der Waals surface area contributed by atoms with Crippen molar-refractivity contribution in [2.45, 2.75) is 18.3 Å². The quantitative estimate of drug-likeness (QED) is 0.828. The first-order valence-electron chi connectivity index (χ1n) is 6.30. The predicted molar refractivity (Wildman–Crippen MR) is 70.4 cm³/mol. The van der Waals surface area contributed by atoms with Gasteiger partial charge in [-0.3, -0.25) is 0 Å². The summed E-state index contributed by atoms with van der Waals surface area (Å²) in [4.78, 5) is 0. The van der Waals surface area contributed by atoms with Crippen LogP contribution in [0.25, 0.3) is 0 Å². The highest BCUT2D eigenvalue weighted by Crippen LogP contribution is 2.38. The van der Waals surface area contributed by atoms with Crippen LogP contribution < -0.4 is 14.8 Å². The van der Waals surface area contributed by atoms with Crippen molar-refractivity contribution in [1.82, 2.24) is 5.32 Å². The molecular weight excluding hydrogens is 230 g/mol. The molecule has 2 rings (SSSR count). The van der Waals surface area contributed by atoms with Crippen LogP contribution in [0.2, 0.25) is 0 Å². The largest absolute Gasteiger partial charge is 0.493 e. The molecule has 2 N–H and O–H groups in total. The van der Waals surface area contributed by atoms with Crippen molar-refractivity contribution < 1.29 is 14.6 Å². The molecule has 1 fully saturated rings. The molecule has 1 aliphatic heterocycles. The van der Waals surface area contributed by atoms with Crippen LogP contribution in [-0.2, 0) is 5.41 Å². The summed E-state index contributed by atoms with van der Waals surface area (Å²) >= 11 is 0. The third-order valence-corrected chi connectivity index (χ3v) is 3.83. The minimum absolute atomic E-state index is 0.0221. The van der Waals surface area contributed by atoms with E-state index in [1.807, 2.05) is 12.1 Å². The van der Waals surface area contributed by atoms with Crippen molar-refractivity contribution in [2.75, 3.05) is 33.9 Å². The van der Waals surface area contributed by atoms with Gasteiger partial charge in [0, 0.05) is 18.6 Å². The van der Waals surface area contributed by atoms with Crippen LogP contribution in [0.5, 0.6) is 11.5 Å². The predicted octanol–water partition coefficient (Wildman–Crippen LogP) is 1.32. The molecule has 1 aliphatic rings. The van der Waals surface area contributed by atoms with Gasteiger partial charge in [0.25, 0.3) is 0 Å². The summed E-state index contributed by atoms with van der Waals surface area (Å²) in [6.45, 7) is 2.10. The van der Waals surface area contributed by atoms with Crippen LogP contribution in [0.1, 0.15) is 18.4 Å². The van der Waals surface area contributed by atoms with E-state index in [0.717, 1.165) is 37.4 Å². The molecule has 1 atom stereocenters. The number of ether oxygens (including phenoxy) is 2. The van der Waals surface area contributed by atoms with Gasteiger partial charge in [-0.05, 0) is 37.1 Å². The van der Waals surface area contributed by atoms with E-state index in [4.69, 9.17) is 9.47 Å². The molecule has 4 nitrogen and oxygen atoms in total. The summed E-state index contributed by atoms with van der Waals surface area (Å²) in [5.41, 5.74) is 1.23. The first-order valence-corrected chi connectivity index (χ1v) is 6.30. The van der Waals surface area contributed by atoms with Gasteiger partial charge in [-0.2, -0.15) is 0 Å². The first-order chi connectivity index (χ1) is 8.75. The third kappa shape index (κ3) is 2.31. The van der Waals surface area contributed by atoms with Crippen molar-refractivity contribution in [3.05, 3.63) is 23.8 Å². The second-order valence-corrected chi connectivity index (χ2v) is 4.75. The average molecular weight is 251 g/mol. The van der Waals surface area contributed by atoms with E-state index >= 15 is 0 Å². The smallest absolute Gasteiger partial charge is 0.161 e. The summed E-state index contributed by atoms with van der Waals surface area (Å²) in [6.07, 6.45) is 1.82. The number of hydrogen-bond acceptors (Lipinski definition) is 4. The standard InChI is InChI=1S/C14H21NO3/c1-17-12-4-3-11(9-13(12)18-2)14(6-8-16)5-7-15-10-14/h3-4,9,15-16H,5-8,10H2,1-2H3. The van der Waals surface area contributed by atoms with Gasteiger partial charge in [-0.1, -0.05) is 6.07 Å². The number of benzene rings is 1. The fourth-order valence-corrected chi connectivity index (χ4v) is 2.73. The Bertz CT molecular complexity index is 400. The maximum atomic E-state index is 9.30. The number of rotatable bonds is 5. The molecule has 18 heavy (non-hydrogen) atoms. The lowest BCUT2D eigenvalue weighted by Crippen LogP contribution is -2.30. The number of nitrogens with one attached hydrogen (secondary N) is 1. The first kappa shape index (κ1) is 13.2. The Morgan fingerprint density at radius 3 is 2.61 bits per heavy atom. The van der Waals surface area contributed by atoms with Crippen LogP contribution in [0, 0.1) is 0 Å². The molecule has 1 heterocycles. The topological polar surface area (TPSA) is 50.7 Å². The highest BCUT2D eigenvalue weighted by atomic mass is 16.5. The van der Waals surface area contributed by atoms with Crippen LogP contribution in [-0.4, -0.2) is 39.0 Å². The molecule has 0 aliphatic carbocycles. The van der Waals surface area contributed by atoms with Gasteiger partial charge in [0.2, 0.25) is 0 Å². The molecule has 0 bridgehead atoms. The van der Waals surface area contributed by atoms with Gasteiger partial charge in [-0.15, -0.1) is 0 Å². The summed E-state index contributed by atoms with van der Waals surface area (Å²) in [5, 5.41) is 12.7. The molecule has 0 aromatic heterocycles. The molecular formula is C14H21NO3. The van der Waals surface area contributed by atoms with Gasteiger partial charge in [0.15, 0.2) is 11.5 Å². The van der Waals surface area contributed by atoms with Crippen molar-refractivity contribution in [3.8, 4) is 11.5 Å². The summed E-state index contributed by atoms with van der Waals surface area (Å²) in [6, 6.07) is 6.04. The Balaban J connectivity index is 2.36. The lowest BCUT2D eigenvalue weighted by atomic mass is 9.77. The van der Waals surface area contributed by atoms with Crippen molar-refractivity contribution in [2.24, 2.45) is 0 Å². The highest BCUT2D eigenvalue weighted by Gasteiger charge is 2.35. The Morgan fingerprint density at radius 2 is 2.06 bits per heavy atom. The molecule has 1 saturated heterocycles. The van der Waals surface area contributed by atoms with E-state index in [0.29, 0.717) is 0 Å². The van der Waals surface area contributed by atoms with Gasteiger partial charge in [-0.25, -0.2) is 0 Å². The Kier molecular flexibility index (Phi) is 4.09. The zero-order valence-corrected chi connectivity index (χ0v) is 11.0. The van der Waals surface area contributed by atoms with Gasteiger partial charge in [0.05, 0.1) is 14.2 Å². The van der Waals surface area contributed by atoms with Crippen LogP contribution >= 0.6 is 0 Å². The SMILES string of the molecule is COc1ccc(C2(CCO)CCNC2)cc1OC. The molecule has 1 aromatic carbocycles. The minimum atomic E-state index is 0.0221. The van der Waals surface area contributed by atoms with Crippen LogP contribution in [0.3, 0.4) is 0 Å². The molecule has 1 aromatic rings. The van der Waals surface area contributed by atoms with E-state index in [1.54, 1.807) is 14.2 Å². The second kappa shape index (κ2) is 5.59. The van der Waals surface area contributed by atoms with Crippen molar-refractivity contribution >= 4 is 0 Å². The number of aliphatic hydroxyl groups is 1. The van der Waals surface area contributed by atoms with E-state index in [2.05, 4.69) is 11.4 Å². The summed E-state index contributed by atoms with van der Waals surface area (Å²) in [5.74, 6) is 1.49. The highest BCUT2D eigenvalue weighted by molar-refractivity contribution is 5.45. The van der Waals surface area contributed by atoms with Crippen LogP contribution in [0.15, 0.2) is 18.2 Å². The zero-order chi connectivity index (χ0) is 13.0. The van der Waals surface area contributed by atoms with Gasteiger partial charge >= 0.3 is 0 Å². The molecule has 1 unspecified atom stereocenters. The molecule has 4 heteroatoms. The average Bonchev–Trinajstić information content (AvgIpc) is 2.88. The Hall–Kier alpha value is -1.26. The number of hydrogen-bond donors (Lipinski definition) is 2. The van der Waals surface area contributed by atoms with Crippen LogP contribution in [0.4, 0.5) is 0 Å². The molecule has 0 spiro atoms. The Labute approximate surface area is 108 Å². The van der Waals surface area contributed by atoms with E-state index in [1.165, 1.54) is 5.56 Å². The molecule has 0 amide bonds. The van der Waals surface area contributed by atoms with E-state index in [9.17, 15) is 5.11 Å². The summed E-state index contributed by atoms with van der Waals surface area (Å²) in [7, 11) is 3.28.